The number of carboxylic acid groups (broad SMARTS) is 1. The van der Waals surface area contributed by atoms with Crippen molar-refractivity contribution < 1.29 is 24.3 Å². The predicted octanol–water partition coefficient (Wildman–Crippen LogP) is -1.47. The van der Waals surface area contributed by atoms with Gasteiger partial charge in [-0.3, -0.25) is 4.79 Å². The Bertz CT molecular complexity index is 431. The summed E-state index contributed by atoms with van der Waals surface area (Å²) in [4.78, 5) is 23.0. The number of rotatable bonds is 7. The molecule has 0 aromatic heterocycles. The molecule has 0 saturated heterocycles. The topological polar surface area (TPSA) is 70.9 Å². The summed E-state index contributed by atoms with van der Waals surface area (Å²) in [5.41, 5.74) is 0.483. The van der Waals surface area contributed by atoms with Gasteiger partial charge in [-0.05, 0) is 19.1 Å². The minimum atomic E-state index is -1.17. The third-order valence-electron chi connectivity index (χ3n) is 2.40. The molecule has 1 N–H and O–H groups in total. The standard InChI is InChI=1S/C13H17NO4/c1-3-18-12-7-5-4-6-10(12)11(15)8-14(2)9-13(16)17/h4-7H,3,8-9H2,1-2H3,(H,16,17). The fourth-order valence-electron chi connectivity index (χ4n) is 1.66. The first-order valence-electron chi connectivity index (χ1n) is 5.80. The SMILES string of the molecule is CCOc1ccccc1C(=O)C[NH+](C)CC(=O)[O-]. The highest BCUT2D eigenvalue weighted by Crippen LogP contribution is 2.17. The van der Waals surface area contributed by atoms with E-state index in [0.29, 0.717) is 22.8 Å². The Labute approximate surface area is 106 Å². The van der Waals surface area contributed by atoms with E-state index in [0.717, 1.165) is 0 Å². The van der Waals surface area contributed by atoms with Crippen molar-refractivity contribution in [1.29, 1.82) is 0 Å². The lowest BCUT2D eigenvalue weighted by Crippen LogP contribution is -3.11. The van der Waals surface area contributed by atoms with Crippen LogP contribution in [0.25, 0.3) is 0 Å². The van der Waals surface area contributed by atoms with Gasteiger partial charge in [-0.15, -0.1) is 0 Å². The first-order chi connectivity index (χ1) is 8.54. The van der Waals surface area contributed by atoms with Crippen LogP contribution in [0, 0.1) is 0 Å². The Morgan fingerprint density at radius 3 is 2.56 bits per heavy atom. The number of nitrogens with one attached hydrogen (secondary N) is 1. The number of para-hydroxylation sites is 1. The maximum absolute atomic E-state index is 12.0. The van der Waals surface area contributed by atoms with Crippen LogP contribution in [0.3, 0.4) is 0 Å². The molecule has 98 valence electrons. The summed E-state index contributed by atoms with van der Waals surface area (Å²) in [7, 11) is 1.64. The molecule has 0 fully saturated rings. The Morgan fingerprint density at radius 1 is 1.28 bits per heavy atom. The minimum Gasteiger partial charge on any atom is -0.544 e. The third-order valence-corrected chi connectivity index (χ3v) is 2.40. The molecule has 18 heavy (non-hydrogen) atoms. The minimum absolute atomic E-state index is 0.0953. The van der Waals surface area contributed by atoms with Gasteiger partial charge < -0.3 is 19.5 Å². The maximum atomic E-state index is 12.0. The van der Waals surface area contributed by atoms with Crippen LogP contribution in [0.2, 0.25) is 0 Å². The lowest BCUT2D eigenvalue weighted by molar-refractivity contribution is -0.864. The molecule has 0 amide bonds. The average molecular weight is 251 g/mol. The van der Waals surface area contributed by atoms with Gasteiger partial charge >= 0.3 is 0 Å². The number of Topliss-reactive ketones (excluding diaryl/α,β-unsaturated/α-hetero) is 1. The number of aliphatic carboxylic acids is 1. The van der Waals surface area contributed by atoms with Crippen molar-refractivity contribution in [3.05, 3.63) is 29.8 Å². The van der Waals surface area contributed by atoms with Crippen LogP contribution in [0.5, 0.6) is 5.75 Å². The zero-order valence-electron chi connectivity index (χ0n) is 10.6. The molecule has 0 bridgehead atoms. The third kappa shape index (κ3) is 4.18. The van der Waals surface area contributed by atoms with Gasteiger partial charge in [0.25, 0.3) is 0 Å². The lowest BCUT2D eigenvalue weighted by Gasteiger charge is -2.14. The Kier molecular flexibility index (Phi) is 5.32. The number of hydrogen-bond donors (Lipinski definition) is 1. The second kappa shape index (κ2) is 6.76. The first kappa shape index (κ1) is 14.2. The van der Waals surface area contributed by atoms with E-state index in [-0.39, 0.29) is 18.9 Å². The van der Waals surface area contributed by atoms with Crippen molar-refractivity contribution in [2.45, 2.75) is 6.92 Å². The number of ether oxygens (including phenoxy) is 1. The molecular weight excluding hydrogens is 234 g/mol. The molecule has 5 nitrogen and oxygen atoms in total. The zero-order valence-corrected chi connectivity index (χ0v) is 10.6. The molecule has 0 saturated carbocycles. The average Bonchev–Trinajstić information content (AvgIpc) is 2.28. The van der Waals surface area contributed by atoms with Crippen LogP contribution in [0.4, 0.5) is 0 Å². The normalized spacial score (nSPS) is 11.9. The second-order valence-corrected chi connectivity index (χ2v) is 4.04. The molecular formula is C13H17NO4. The molecule has 1 rings (SSSR count). The number of ketones is 1. The van der Waals surface area contributed by atoms with Crippen LogP contribution in [0.1, 0.15) is 17.3 Å². The Hall–Kier alpha value is -1.88. The van der Waals surface area contributed by atoms with E-state index in [9.17, 15) is 14.7 Å². The number of carbonyl (C=O) groups excluding carboxylic acids is 2. The second-order valence-electron chi connectivity index (χ2n) is 4.04. The highest BCUT2D eigenvalue weighted by Gasteiger charge is 2.16. The highest BCUT2D eigenvalue weighted by atomic mass is 16.5. The maximum Gasteiger partial charge on any atom is 0.220 e. The van der Waals surface area contributed by atoms with Crippen molar-refractivity contribution in [3.8, 4) is 5.75 Å². The molecule has 1 unspecified atom stereocenters. The van der Waals surface area contributed by atoms with Gasteiger partial charge in [0, 0.05) is 0 Å². The quantitative estimate of drug-likeness (QED) is 0.601. The molecule has 1 aromatic carbocycles. The largest absolute Gasteiger partial charge is 0.544 e. The smallest absolute Gasteiger partial charge is 0.220 e. The van der Waals surface area contributed by atoms with Crippen molar-refractivity contribution in [3.63, 3.8) is 0 Å². The van der Waals surface area contributed by atoms with Crippen molar-refractivity contribution in [2.24, 2.45) is 0 Å². The van der Waals surface area contributed by atoms with Crippen LogP contribution in [0.15, 0.2) is 24.3 Å². The van der Waals surface area contributed by atoms with Crippen LogP contribution < -0.4 is 14.7 Å². The van der Waals surface area contributed by atoms with E-state index in [2.05, 4.69) is 0 Å². The van der Waals surface area contributed by atoms with Crippen LogP contribution in [-0.2, 0) is 4.79 Å². The fraction of sp³-hybridized carbons (Fsp3) is 0.385. The molecule has 5 heteroatoms. The summed E-state index contributed by atoms with van der Waals surface area (Å²) in [6.07, 6.45) is 0. The van der Waals surface area contributed by atoms with Crippen LogP contribution in [-0.4, -0.2) is 38.5 Å². The number of hydrogen-bond acceptors (Lipinski definition) is 4. The van der Waals surface area contributed by atoms with Crippen molar-refractivity contribution in [1.82, 2.24) is 0 Å². The summed E-state index contributed by atoms with van der Waals surface area (Å²) in [5, 5.41) is 10.4. The van der Waals surface area contributed by atoms with E-state index < -0.39 is 5.97 Å². The van der Waals surface area contributed by atoms with Gasteiger partial charge in [0.05, 0.1) is 25.2 Å². The summed E-state index contributed by atoms with van der Waals surface area (Å²) in [6, 6.07) is 6.95. The van der Waals surface area contributed by atoms with E-state index in [1.165, 1.54) is 0 Å². The van der Waals surface area contributed by atoms with E-state index in [1.807, 2.05) is 6.92 Å². The van der Waals surface area contributed by atoms with Crippen LogP contribution >= 0.6 is 0 Å². The first-order valence-corrected chi connectivity index (χ1v) is 5.80. The summed E-state index contributed by atoms with van der Waals surface area (Å²) in [5.74, 6) is -0.776. The van der Waals surface area contributed by atoms with Gasteiger partial charge in [0.15, 0.2) is 0 Å². The Balaban J connectivity index is 2.74. The van der Waals surface area contributed by atoms with Gasteiger partial charge in [-0.2, -0.15) is 0 Å². The van der Waals surface area contributed by atoms with Crippen molar-refractivity contribution >= 4 is 11.8 Å². The molecule has 1 atom stereocenters. The predicted molar refractivity (Wildman–Crippen MR) is 63.6 cm³/mol. The van der Waals surface area contributed by atoms with Gasteiger partial charge in [0.2, 0.25) is 5.78 Å². The fourth-order valence-corrected chi connectivity index (χ4v) is 1.66. The molecule has 0 radical (unpaired) electrons. The van der Waals surface area contributed by atoms with E-state index in [1.54, 1.807) is 31.3 Å². The molecule has 0 spiro atoms. The number of carbonyl (C=O) groups is 2. The van der Waals surface area contributed by atoms with E-state index in [4.69, 9.17) is 4.74 Å². The molecule has 0 heterocycles. The number of benzene rings is 1. The molecule has 1 aromatic rings. The number of quaternary nitrogens is 1. The summed E-state index contributed by atoms with van der Waals surface area (Å²) in [6.45, 7) is 2.22. The van der Waals surface area contributed by atoms with Gasteiger partial charge in [0.1, 0.15) is 18.8 Å². The van der Waals surface area contributed by atoms with Crippen molar-refractivity contribution in [2.75, 3.05) is 26.7 Å². The monoisotopic (exact) mass is 251 g/mol. The Morgan fingerprint density at radius 2 is 1.94 bits per heavy atom. The number of likely N-dealkylation sites (N-methyl/N-ethyl adjacent to an activating group) is 1. The van der Waals surface area contributed by atoms with Gasteiger partial charge in [-0.25, -0.2) is 0 Å². The lowest BCUT2D eigenvalue weighted by atomic mass is 10.1. The molecule has 0 aliphatic heterocycles. The molecule has 0 aliphatic rings. The van der Waals surface area contributed by atoms with Gasteiger partial charge in [-0.1, -0.05) is 12.1 Å². The molecule has 0 aliphatic carbocycles. The number of carboxylic acids is 1. The summed E-state index contributed by atoms with van der Waals surface area (Å²) < 4.78 is 5.36. The summed E-state index contributed by atoms with van der Waals surface area (Å²) >= 11 is 0. The highest BCUT2D eigenvalue weighted by molar-refractivity contribution is 5.99. The zero-order chi connectivity index (χ0) is 13.5. The van der Waals surface area contributed by atoms with E-state index >= 15 is 0 Å².